The molecule has 0 fully saturated rings. The number of carbonyl (C=O) groups is 4. The SMILES string of the molecule is O=C(O)c1c(C(=O)O)c(C(=O)O)c2c(=O)ossssssoc(=O)c2c1C(=O)O. The highest BCUT2D eigenvalue weighted by atomic mass is 33.5. The van der Waals surface area contributed by atoms with E-state index in [9.17, 15) is 49.2 Å². The van der Waals surface area contributed by atoms with Gasteiger partial charge < -0.3 is 28.1 Å². The molecule has 0 unspecified atom stereocenters. The summed E-state index contributed by atoms with van der Waals surface area (Å²) in [4.78, 5) is 72.0. The normalized spacial score (nSPS) is 10.0. The molecule has 18 heteroatoms. The van der Waals surface area contributed by atoms with E-state index >= 15 is 0 Å². The summed E-state index contributed by atoms with van der Waals surface area (Å²) in [6, 6.07) is 0. The van der Waals surface area contributed by atoms with Gasteiger partial charge in [0, 0.05) is 37.4 Å². The van der Waals surface area contributed by atoms with Gasteiger partial charge in [0.05, 0.1) is 33.0 Å². The molecule has 0 atom stereocenters. The van der Waals surface area contributed by atoms with Gasteiger partial charge in [0.15, 0.2) is 0 Å². The van der Waals surface area contributed by atoms with Crippen LogP contribution < -0.4 is 11.3 Å². The summed E-state index contributed by atoms with van der Waals surface area (Å²) in [5.41, 5.74) is -9.03. The van der Waals surface area contributed by atoms with E-state index in [1.807, 2.05) is 0 Å². The molecule has 160 valence electrons. The van der Waals surface area contributed by atoms with Crippen molar-refractivity contribution >= 4 is 93.3 Å². The van der Waals surface area contributed by atoms with Gasteiger partial charge in [-0.3, -0.25) is 0 Å². The molecule has 0 spiro atoms. The van der Waals surface area contributed by atoms with Crippen LogP contribution in [0.2, 0.25) is 0 Å². The van der Waals surface area contributed by atoms with Crippen LogP contribution in [0, 0.1) is 0 Å². The van der Waals surface area contributed by atoms with Crippen LogP contribution in [0.1, 0.15) is 41.4 Å². The van der Waals surface area contributed by atoms with E-state index in [2.05, 4.69) is 0 Å². The van der Waals surface area contributed by atoms with Crippen molar-refractivity contribution in [3.63, 3.8) is 0 Å². The molecule has 1 aromatic carbocycles. The highest BCUT2D eigenvalue weighted by Crippen LogP contribution is 2.28. The second kappa shape index (κ2) is 9.91. The van der Waals surface area contributed by atoms with Crippen molar-refractivity contribution in [2.24, 2.45) is 0 Å². The van der Waals surface area contributed by atoms with Crippen LogP contribution in [-0.4, -0.2) is 44.3 Å². The van der Waals surface area contributed by atoms with Crippen LogP contribution in [0.15, 0.2) is 17.3 Å². The van der Waals surface area contributed by atoms with Gasteiger partial charge in [0.2, 0.25) is 0 Å². The smallest absolute Gasteiger partial charge is 0.357 e. The van der Waals surface area contributed by atoms with Gasteiger partial charge in [-0.15, -0.1) is 0 Å². The van der Waals surface area contributed by atoms with Crippen molar-refractivity contribution in [1.82, 2.24) is 0 Å². The Morgan fingerprint density at radius 1 is 0.533 bits per heavy atom. The summed E-state index contributed by atoms with van der Waals surface area (Å²) in [6.07, 6.45) is 0. The molecule has 30 heavy (non-hydrogen) atoms. The third kappa shape index (κ3) is 4.74. The number of rotatable bonds is 4. The van der Waals surface area contributed by atoms with Gasteiger partial charge in [-0.25, -0.2) is 28.8 Å². The zero-order chi connectivity index (χ0) is 22.6. The molecule has 0 saturated carbocycles. The second-order valence-electron chi connectivity index (χ2n) is 4.62. The molecule has 2 rings (SSSR count). The van der Waals surface area contributed by atoms with Crippen LogP contribution in [0.25, 0.3) is 10.8 Å². The Kier molecular flexibility index (Phi) is 7.81. The lowest BCUT2D eigenvalue weighted by Gasteiger charge is -2.11. The molecule has 4 N–H and O–H groups in total. The summed E-state index contributed by atoms with van der Waals surface area (Å²) >= 11 is 0. The average molecular weight is 533 g/mol. The van der Waals surface area contributed by atoms with E-state index in [0.29, 0.717) is 21.3 Å². The van der Waals surface area contributed by atoms with E-state index in [1.165, 1.54) is 0 Å². The molecule has 0 aliphatic carbocycles. The molecule has 0 amide bonds. The maximum atomic E-state index is 12.5. The summed E-state index contributed by atoms with van der Waals surface area (Å²) in [5, 5.41) is 35.3. The second-order valence-corrected chi connectivity index (χ2v) is 13.1. The van der Waals surface area contributed by atoms with Crippen LogP contribution in [0.5, 0.6) is 0 Å². The third-order valence-electron chi connectivity index (χ3n) is 3.12. The molecule has 0 aliphatic rings. The average Bonchev–Trinajstić information content (AvgIpc) is 2.65. The van der Waals surface area contributed by atoms with Gasteiger partial charge in [0.25, 0.3) is 0 Å². The Labute approximate surface area is 183 Å². The fourth-order valence-electron chi connectivity index (χ4n) is 2.23. The Morgan fingerprint density at radius 3 is 1.10 bits per heavy atom. The predicted octanol–water partition coefficient (Wildman–Crippen LogP) is 3.28. The van der Waals surface area contributed by atoms with Crippen LogP contribution >= 0.6 is 58.7 Å². The molecule has 0 radical (unpaired) electrons. The molecule has 2 aromatic rings. The van der Waals surface area contributed by atoms with Crippen molar-refractivity contribution in [1.29, 1.82) is 0 Å². The fraction of sp³-hybridized carbons (Fsp3) is 0. The number of carboxylic acids is 4. The van der Waals surface area contributed by atoms with Gasteiger partial charge in [-0.05, 0) is 0 Å². The summed E-state index contributed by atoms with van der Waals surface area (Å²) in [6.45, 7) is 0. The summed E-state index contributed by atoms with van der Waals surface area (Å²) in [5.74, 6) is -8.52. The number of aromatic carboxylic acids is 4. The zero-order valence-electron chi connectivity index (χ0n) is 13.5. The Bertz CT molecular complexity index is 1210. The molecule has 12 nitrogen and oxygen atoms in total. The molecule has 0 aliphatic heterocycles. The quantitative estimate of drug-likeness (QED) is 0.418. The summed E-state index contributed by atoms with van der Waals surface area (Å²) in [7, 11) is 4.80. The van der Waals surface area contributed by atoms with E-state index in [0.717, 1.165) is 37.4 Å². The first kappa shape index (κ1) is 23.6. The lowest BCUT2D eigenvalue weighted by atomic mass is 9.90. The number of hydrogen-bond donors (Lipinski definition) is 4. The number of hydrogen-bond acceptors (Lipinski definition) is 14. The van der Waals surface area contributed by atoms with Crippen LogP contribution in [0.3, 0.4) is 0 Å². The molecular formula is C12H4O12S6. The predicted molar refractivity (Wildman–Crippen MR) is 109 cm³/mol. The Balaban J connectivity index is 3.61. The van der Waals surface area contributed by atoms with E-state index in [-0.39, 0.29) is 0 Å². The minimum atomic E-state index is -2.15. The van der Waals surface area contributed by atoms with Crippen molar-refractivity contribution in [3.05, 3.63) is 43.1 Å². The molecule has 0 saturated heterocycles. The van der Waals surface area contributed by atoms with Crippen LogP contribution in [-0.2, 0) is 0 Å². The zero-order valence-corrected chi connectivity index (χ0v) is 18.4. The minimum absolute atomic E-state index is 0.431. The molecule has 0 bridgehead atoms. The van der Waals surface area contributed by atoms with Gasteiger partial charge >= 0.3 is 35.1 Å². The van der Waals surface area contributed by atoms with Gasteiger partial charge in [-0.1, -0.05) is 0 Å². The highest BCUT2D eigenvalue weighted by Gasteiger charge is 2.36. The van der Waals surface area contributed by atoms with Gasteiger partial charge in [0.1, 0.15) is 21.3 Å². The fourth-order valence-corrected chi connectivity index (χ4v) is 10.9. The minimum Gasteiger partial charge on any atom is -0.478 e. The summed E-state index contributed by atoms with van der Waals surface area (Å²) < 4.78 is 9.47. The maximum Gasteiger partial charge on any atom is 0.357 e. The lowest BCUT2D eigenvalue weighted by Crippen LogP contribution is -2.24. The van der Waals surface area contributed by atoms with Crippen molar-refractivity contribution in [2.45, 2.75) is 0 Å². The maximum absolute atomic E-state index is 12.5. The first-order valence-corrected chi connectivity index (χ1v) is 14.0. The van der Waals surface area contributed by atoms with Crippen molar-refractivity contribution in [3.8, 4) is 0 Å². The Hall–Kier alpha value is -2.64. The Morgan fingerprint density at radius 2 is 0.833 bits per heavy atom. The first-order chi connectivity index (χ1) is 14.1. The molecule has 1 aromatic heterocycles. The first-order valence-electron chi connectivity index (χ1n) is 6.69. The largest absolute Gasteiger partial charge is 0.478 e. The molecule has 1 heterocycles. The van der Waals surface area contributed by atoms with Crippen molar-refractivity contribution in [2.75, 3.05) is 0 Å². The number of benzene rings is 1. The number of carboxylic acid groups (broad SMARTS) is 4. The van der Waals surface area contributed by atoms with E-state index in [4.69, 9.17) is 7.70 Å². The third-order valence-corrected chi connectivity index (χ3v) is 12.1. The standard InChI is InChI=1S/C12H4O12S6/c13-7(14)1-2(8(15)16)4(10(19)20)6-5(3(1)9(17)18)11(21)23-25-27-29-30-28-26-24-12(6)22/h(H,13,14)(H,15,16)(H,17,18)(H,19,20). The van der Waals surface area contributed by atoms with Gasteiger partial charge in [-0.2, -0.15) is 0 Å². The monoisotopic (exact) mass is 532 g/mol. The highest BCUT2D eigenvalue weighted by molar-refractivity contribution is 8.18. The van der Waals surface area contributed by atoms with E-state index < -0.39 is 68.2 Å². The topological polar surface area (TPSA) is 210 Å². The van der Waals surface area contributed by atoms with Crippen molar-refractivity contribution < 1.29 is 47.3 Å². The lowest BCUT2D eigenvalue weighted by molar-refractivity contribution is 0.0621. The molecular weight excluding hydrogens is 529 g/mol. The van der Waals surface area contributed by atoms with Crippen LogP contribution in [0.4, 0.5) is 0 Å². The number of fused-ring (bicyclic) bond motifs is 1. The van der Waals surface area contributed by atoms with E-state index in [1.54, 1.807) is 0 Å².